The molecule has 2 heterocycles. The summed E-state index contributed by atoms with van der Waals surface area (Å²) in [6.07, 6.45) is 5.23. The largest absolute Gasteiger partial charge is 0.497 e. The van der Waals surface area contributed by atoms with Gasteiger partial charge in [0.25, 0.3) is 0 Å². The highest BCUT2D eigenvalue weighted by atomic mass is 16.5. The van der Waals surface area contributed by atoms with Crippen molar-refractivity contribution in [3.8, 4) is 11.5 Å². The molecule has 0 atom stereocenters. The van der Waals surface area contributed by atoms with Crippen LogP contribution in [0.3, 0.4) is 0 Å². The van der Waals surface area contributed by atoms with E-state index in [4.69, 9.17) is 14.5 Å². The van der Waals surface area contributed by atoms with Crippen molar-refractivity contribution in [1.29, 1.82) is 0 Å². The Balaban J connectivity index is 1.38. The van der Waals surface area contributed by atoms with Crippen LogP contribution in [-0.4, -0.2) is 48.1 Å². The molecule has 1 aromatic heterocycles. The fraction of sp³-hybridized carbons (Fsp3) is 0.304. The zero-order chi connectivity index (χ0) is 20.2. The molecule has 6 nitrogen and oxygen atoms in total. The van der Waals surface area contributed by atoms with Gasteiger partial charge in [-0.2, -0.15) is 0 Å². The number of ether oxygens (including phenoxy) is 2. The van der Waals surface area contributed by atoms with Gasteiger partial charge in [-0.3, -0.25) is 4.79 Å². The Morgan fingerprint density at radius 3 is 2.66 bits per heavy atom. The number of rotatable bonds is 5. The van der Waals surface area contributed by atoms with E-state index in [0.717, 1.165) is 54.1 Å². The summed E-state index contributed by atoms with van der Waals surface area (Å²) in [6.45, 7) is 1.45. The third kappa shape index (κ3) is 4.11. The van der Waals surface area contributed by atoms with E-state index < -0.39 is 0 Å². The number of amides is 1. The predicted octanol–water partition coefficient (Wildman–Crippen LogP) is 4.00. The second kappa shape index (κ2) is 8.39. The van der Waals surface area contributed by atoms with Crippen molar-refractivity contribution in [2.24, 2.45) is 0 Å². The molecule has 0 bridgehead atoms. The summed E-state index contributed by atoms with van der Waals surface area (Å²) in [7, 11) is 3.22. The number of likely N-dealkylation sites (tertiary alicyclic amines) is 1. The Kier molecular flexibility index (Phi) is 5.51. The molecule has 1 amide bonds. The summed E-state index contributed by atoms with van der Waals surface area (Å²) < 4.78 is 10.6. The maximum atomic E-state index is 12.6. The molecule has 1 aliphatic rings. The lowest BCUT2D eigenvalue weighted by Crippen LogP contribution is -2.37. The number of H-pyrrole nitrogens is 1. The third-order valence-corrected chi connectivity index (χ3v) is 5.45. The number of benzene rings is 2. The average molecular weight is 391 g/mol. The highest BCUT2D eigenvalue weighted by molar-refractivity contribution is 5.92. The highest BCUT2D eigenvalue weighted by Crippen LogP contribution is 2.28. The van der Waals surface area contributed by atoms with Crippen molar-refractivity contribution >= 4 is 23.0 Å². The van der Waals surface area contributed by atoms with E-state index in [1.807, 2.05) is 47.4 Å². The molecule has 1 N–H and O–H groups in total. The summed E-state index contributed by atoms with van der Waals surface area (Å²) in [5, 5.41) is 0. The topological polar surface area (TPSA) is 67.5 Å². The quantitative estimate of drug-likeness (QED) is 0.668. The molecule has 0 radical (unpaired) electrons. The molecule has 29 heavy (non-hydrogen) atoms. The van der Waals surface area contributed by atoms with E-state index in [-0.39, 0.29) is 5.91 Å². The van der Waals surface area contributed by atoms with Gasteiger partial charge in [0.15, 0.2) is 0 Å². The number of nitrogens with zero attached hydrogens (tertiary/aromatic N) is 2. The Hall–Kier alpha value is -3.28. The highest BCUT2D eigenvalue weighted by Gasteiger charge is 2.24. The van der Waals surface area contributed by atoms with Crippen LogP contribution in [0.1, 0.15) is 30.1 Å². The summed E-state index contributed by atoms with van der Waals surface area (Å²) in [6, 6.07) is 13.6. The van der Waals surface area contributed by atoms with Crippen molar-refractivity contribution in [2.45, 2.75) is 18.8 Å². The normalized spacial score (nSPS) is 15.2. The number of nitrogens with one attached hydrogen (secondary N) is 1. The van der Waals surface area contributed by atoms with Crippen LogP contribution >= 0.6 is 0 Å². The molecule has 0 saturated carbocycles. The zero-order valence-corrected chi connectivity index (χ0v) is 16.7. The van der Waals surface area contributed by atoms with Crippen LogP contribution in [0, 0.1) is 0 Å². The number of hydrogen-bond donors (Lipinski definition) is 1. The lowest BCUT2D eigenvalue weighted by molar-refractivity contribution is -0.127. The molecule has 150 valence electrons. The number of piperidine rings is 1. The van der Waals surface area contributed by atoms with Crippen LogP contribution in [0.25, 0.3) is 17.1 Å². The van der Waals surface area contributed by atoms with E-state index in [1.165, 1.54) is 0 Å². The summed E-state index contributed by atoms with van der Waals surface area (Å²) in [5.74, 6) is 2.80. The number of imidazole rings is 1. The van der Waals surface area contributed by atoms with Crippen LogP contribution in [0.5, 0.6) is 11.5 Å². The molecule has 3 aromatic rings. The summed E-state index contributed by atoms with van der Waals surface area (Å²) in [5.41, 5.74) is 2.91. The van der Waals surface area contributed by atoms with Gasteiger partial charge in [0, 0.05) is 36.7 Å². The van der Waals surface area contributed by atoms with Gasteiger partial charge in [-0.05, 0) is 43.2 Å². The summed E-state index contributed by atoms with van der Waals surface area (Å²) in [4.78, 5) is 22.7. The van der Waals surface area contributed by atoms with E-state index >= 15 is 0 Å². The number of para-hydroxylation sites is 2. The number of aromatic nitrogens is 2. The first-order chi connectivity index (χ1) is 14.2. The van der Waals surface area contributed by atoms with Gasteiger partial charge in [-0.15, -0.1) is 0 Å². The van der Waals surface area contributed by atoms with Gasteiger partial charge >= 0.3 is 0 Å². The Morgan fingerprint density at radius 1 is 1.14 bits per heavy atom. The number of methoxy groups -OCH3 is 2. The first kappa shape index (κ1) is 19.1. The van der Waals surface area contributed by atoms with Crippen LogP contribution in [-0.2, 0) is 4.79 Å². The second-order valence-corrected chi connectivity index (χ2v) is 7.18. The number of carbonyl (C=O) groups is 1. The van der Waals surface area contributed by atoms with Crippen molar-refractivity contribution in [2.75, 3.05) is 27.3 Å². The smallest absolute Gasteiger partial charge is 0.246 e. The molecule has 0 spiro atoms. The fourth-order valence-corrected chi connectivity index (χ4v) is 3.76. The predicted molar refractivity (Wildman–Crippen MR) is 113 cm³/mol. The van der Waals surface area contributed by atoms with Crippen molar-refractivity contribution in [3.05, 3.63) is 59.9 Å². The standard InChI is InChI=1S/C23H25N3O3/c1-28-18-9-7-16(21(15-18)29-2)8-10-22(27)26-13-11-17(12-14-26)23-24-19-5-3-4-6-20(19)25-23/h3-10,15,17H,11-14H2,1-2H3,(H,24,25)/b10-8+. The van der Waals surface area contributed by atoms with Gasteiger partial charge < -0.3 is 19.4 Å². The fourth-order valence-electron chi connectivity index (χ4n) is 3.76. The lowest BCUT2D eigenvalue weighted by Gasteiger charge is -2.30. The first-order valence-electron chi connectivity index (χ1n) is 9.81. The van der Waals surface area contributed by atoms with Crippen molar-refractivity contribution in [1.82, 2.24) is 14.9 Å². The number of fused-ring (bicyclic) bond motifs is 1. The van der Waals surface area contributed by atoms with E-state index in [9.17, 15) is 4.79 Å². The zero-order valence-electron chi connectivity index (χ0n) is 16.7. The Labute approximate surface area is 170 Å². The van der Waals surface area contributed by atoms with Gasteiger partial charge in [0.2, 0.25) is 5.91 Å². The van der Waals surface area contributed by atoms with Crippen molar-refractivity contribution < 1.29 is 14.3 Å². The number of aromatic amines is 1. The third-order valence-electron chi connectivity index (χ3n) is 5.45. The Bertz CT molecular complexity index is 1000. The molecule has 0 unspecified atom stereocenters. The minimum atomic E-state index is 0.0194. The lowest BCUT2D eigenvalue weighted by atomic mass is 9.96. The SMILES string of the molecule is COc1ccc(/C=C/C(=O)N2CCC(c3nc4ccccc4[nH]3)CC2)c(OC)c1. The van der Waals surface area contributed by atoms with E-state index in [0.29, 0.717) is 11.7 Å². The monoisotopic (exact) mass is 391 g/mol. The Morgan fingerprint density at radius 2 is 1.93 bits per heavy atom. The van der Waals surface area contributed by atoms with Gasteiger partial charge in [-0.25, -0.2) is 4.98 Å². The molecule has 4 rings (SSSR count). The molecule has 2 aromatic carbocycles. The number of carbonyl (C=O) groups excluding carboxylic acids is 1. The number of hydrogen-bond acceptors (Lipinski definition) is 4. The molecule has 1 fully saturated rings. The van der Waals surface area contributed by atoms with Gasteiger partial charge in [-0.1, -0.05) is 12.1 Å². The van der Waals surface area contributed by atoms with E-state index in [2.05, 4.69) is 4.98 Å². The van der Waals surface area contributed by atoms with Crippen molar-refractivity contribution in [3.63, 3.8) is 0 Å². The minimum absolute atomic E-state index is 0.0194. The maximum Gasteiger partial charge on any atom is 0.246 e. The molecule has 1 saturated heterocycles. The maximum absolute atomic E-state index is 12.6. The van der Waals surface area contributed by atoms with Crippen LogP contribution in [0.2, 0.25) is 0 Å². The average Bonchev–Trinajstić information content (AvgIpc) is 3.21. The summed E-state index contributed by atoms with van der Waals surface area (Å²) >= 11 is 0. The van der Waals surface area contributed by atoms with E-state index in [1.54, 1.807) is 26.4 Å². The molecule has 6 heteroatoms. The van der Waals surface area contributed by atoms with Crippen LogP contribution < -0.4 is 9.47 Å². The minimum Gasteiger partial charge on any atom is -0.497 e. The van der Waals surface area contributed by atoms with Gasteiger partial charge in [0.05, 0.1) is 25.3 Å². The molecular weight excluding hydrogens is 366 g/mol. The second-order valence-electron chi connectivity index (χ2n) is 7.18. The first-order valence-corrected chi connectivity index (χ1v) is 9.81. The molecule has 0 aliphatic carbocycles. The van der Waals surface area contributed by atoms with Crippen LogP contribution in [0.4, 0.5) is 0 Å². The van der Waals surface area contributed by atoms with Crippen LogP contribution in [0.15, 0.2) is 48.5 Å². The molecule has 1 aliphatic heterocycles. The van der Waals surface area contributed by atoms with Gasteiger partial charge in [0.1, 0.15) is 17.3 Å². The molecular formula is C23H25N3O3.